The Balaban J connectivity index is 1.76. The molecule has 0 spiro atoms. The van der Waals surface area contributed by atoms with Crippen LogP contribution in [0.2, 0.25) is 0 Å². The van der Waals surface area contributed by atoms with Crippen LogP contribution in [-0.4, -0.2) is 42.7 Å². The number of ether oxygens (including phenoxy) is 1. The Morgan fingerprint density at radius 2 is 1.97 bits per heavy atom. The molecule has 2 aromatic rings. The molecule has 1 fully saturated rings. The van der Waals surface area contributed by atoms with Crippen molar-refractivity contribution in [3.8, 4) is 5.75 Å². The largest absolute Gasteiger partial charge is 0.496 e. The smallest absolute Gasteiger partial charge is 0.220 e. The van der Waals surface area contributed by atoms with Crippen molar-refractivity contribution in [3.63, 3.8) is 0 Å². The quantitative estimate of drug-likeness (QED) is 0.591. The Labute approximate surface area is 178 Å². The van der Waals surface area contributed by atoms with E-state index in [1.807, 2.05) is 38.1 Å². The number of amides is 2. The molecule has 2 aromatic carbocycles. The number of fused-ring (bicyclic) bond motifs is 1. The molecule has 0 aliphatic carbocycles. The highest BCUT2D eigenvalue weighted by Crippen LogP contribution is 2.34. The monoisotopic (exact) mass is 412 g/mol. The minimum absolute atomic E-state index is 0.0117. The Hall–Kier alpha value is -2.60. The van der Waals surface area contributed by atoms with Gasteiger partial charge in [0.1, 0.15) is 5.75 Å². The van der Waals surface area contributed by atoms with E-state index in [1.165, 1.54) is 0 Å². The second kappa shape index (κ2) is 9.04. The normalized spacial score (nSPS) is 19.0. The van der Waals surface area contributed by atoms with Crippen molar-refractivity contribution in [1.82, 2.24) is 10.6 Å². The third-order valence-electron chi connectivity index (χ3n) is 5.98. The lowest BCUT2D eigenvalue weighted by Crippen LogP contribution is -2.45. The Bertz CT molecular complexity index is 925. The van der Waals surface area contributed by atoms with Crippen LogP contribution in [0.1, 0.15) is 45.1 Å². The van der Waals surface area contributed by atoms with Gasteiger partial charge in [-0.05, 0) is 36.3 Å². The summed E-state index contributed by atoms with van der Waals surface area (Å²) in [6.45, 7) is 4.24. The fourth-order valence-electron chi connectivity index (χ4n) is 4.05. The first-order chi connectivity index (χ1) is 14.3. The number of aliphatic hydroxyl groups excluding tert-OH is 1. The van der Waals surface area contributed by atoms with E-state index < -0.39 is 5.54 Å². The lowest BCUT2D eigenvalue weighted by Gasteiger charge is -2.30. The van der Waals surface area contributed by atoms with Crippen LogP contribution in [0.15, 0.2) is 36.4 Å². The number of carbonyl (C=O) groups is 2. The highest BCUT2D eigenvalue weighted by Gasteiger charge is 2.38. The minimum atomic E-state index is -0.432. The van der Waals surface area contributed by atoms with Gasteiger partial charge < -0.3 is 20.5 Å². The van der Waals surface area contributed by atoms with Crippen LogP contribution in [0, 0.1) is 5.41 Å². The molecule has 6 heteroatoms. The molecular weight excluding hydrogens is 380 g/mol. The fourth-order valence-corrected chi connectivity index (χ4v) is 4.05. The molecule has 1 heterocycles. The van der Waals surface area contributed by atoms with Crippen molar-refractivity contribution in [1.29, 1.82) is 0 Å². The third kappa shape index (κ3) is 5.11. The van der Waals surface area contributed by atoms with Crippen LogP contribution in [0.25, 0.3) is 10.8 Å². The highest BCUT2D eigenvalue weighted by atomic mass is 16.5. The van der Waals surface area contributed by atoms with E-state index in [1.54, 1.807) is 7.11 Å². The molecule has 0 saturated carbocycles. The lowest BCUT2D eigenvalue weighted by molar-refractivity contribution is -0.123. The van der Waals surface area contributed by atoms with Gasteiger partial charge in [0, 0.05) is 42.3 Å². The molecule has 0 aromatic heterocycles. The minimum Gasteiger partial charge on any atom is -0.496 e. The molecule has 6 nitrogen and oxygen atoms in total. The SMILES string of the molecule is COc1ccc(C[C@]2(CCC(=O)NCC(C)(C)CO)CCC(=O)N2)c2ccccc12. The maximum atomic E-state index is 12.4. The fraction of sp³-hybridized carbons (Fsp3) is 0.500. The molecule has 3 N–H and O–H groups in total. The summed E-state index contributed by atoms with van der Waals surface area (Å²) in [6, 6.07) is 12.1. The first-order valence-electron chi connectivity index (χ1n) is 10.5. The van der Waals surface area contributed by atoms with E-state index >= 15 is 0 Å². The highest BCUT2D eigenvalue weighted by molar-refractivity contribution is 5.91. The second-order valence-electron chi connectivity index (χ2n) is 9.08. The molecule has 1 aliphatic heterocycles. The van der Waals surface area contributed by atoms with Crippen molar-refractivity contribution in [2.24, 2.45) is 5.41 Å². The van der Waals surface area contributed by atoms with Gasteiger partial charge in [0.05, 0.1) is 7.11 Å². The van der Waals surface area contributed by atoms with Gasteiger partial charge in [-0.3, -0.25) is 9.59 Å². The zero-order valence-electron chi connectivity index (χ0n) is 18.1. The first-order valence-corrected chi connectivity index (χ1v) is 10.5. The zero-order chi connectivity index (χ0) is 21.8. The summed E-state index contributed by atoms with van der Waals surface area (Å²) in [4.78, 5) is 24.5. The van der Waals surface area contributed by atoms with Gasteiger partial charge in [-0.2, -0.15) is 0 Å². The zero-order valence-corrected chi connectivity index (χ0v) is 18.1. The van der Waals surface area contributed by atoms with Crippen molar-refractivity contribution in [2.75, 3.05) is 20.3 Å². The van der Waals surface area contributed by atoms with Crippen molar-refractivity contribution < 1.29 is 19.4 Å². The standard InChI is InChI=1S/C24H32N2O4/c1-23(2,16-27)15-25-21(28)10-12-24(13-11-22(29)26-24)14-17-8-9-20(30-3)19-7-5-4-6-18(17)19/h4-9,27H,10-16H2,1-3H3,(H,25,28)(H,26,29)/t24-/m0/s1. The van der Waals surface area contributed by atoms with E-state index in [4.69, 9.17) is 4.74 Å². The number of hydrogen-bond donors (Lipinski definition) is 3. The van der Waals surface area contributed by atoms with Gasteiger partial charge in [0.2, 0.25) is 11.8 Å². The summed E-state index contributed by atoms with van der Waals surface area (Å²) in [7, 11) is 1.66. The van der Waals surface area contributed by atoms with Crippen molar-refractivity contribution in [2.45, 2.75) is 51.5 Å². The van der Waals surface area contributed by atoms with Crippen LogP contribution < -0.4 is 15.4 Å². The number of hydrogen-bond acceptors (Lipinski definition) is 4. The van der Waals surface area contributed by atoms with E-state index in [9.17, 15) is 14.7 Å². The second-order valence-corrected chi connectivity index (χ2v) is 9.08. The number of nitrogens with one attached hydrogen (secondary N) is 2. The molecule has 0 bridgehead atoms. The van der Waals surface area contributed by atoms with Crippen molar-refractivity contribution >= 4 is 22.6 Å². The van der Waals surface area contributed by atoms with Crippen LogP contribution >= 0.6 is 0 Å². The molecule has 1 aliphatic rings. The Kier molecular flexibility index (Phi) is 6.66. The summed E-state index contributed by atoms with van der Waals surface area (Å²) in [5.41, 5.74) is 0.352. The lowest BCUT2D eigenvalue weighted by atomic mass is 9.83. The maximum Gasteiger partial charge on any atom is 0.220 e. The van der Waals surface area contributed by atoms with Crippen LogP contribution in [0.4, 0.5) is 0 Å². The molecule has 162 valence electrons. The number of aliphatic hydroxyl groups is 1. The van der Waals surface area contributed by atoms with Gasteiger partial charge >= 0.3 is 0 Å². The summed E-state index contributed by atoms with van der Waals surface area (Å²) < 4.78 is 5.50. The van der Waals surface area contributed by atoms with Crippen LogP contribution in [-0.2, 0) is 16.0 Å². The molecule has 0 radical (unpaired) electrons. The van der Waals surface area contributed by atoms with Crippen LogP contribution in [0.3, 0.4) is 0 Å². The van der Waals surface area contributed by atoms with E-state index in [2.05, 4.69) is 22.8 Å². The maximum absolute atomic E-state index is 12.4. The summed E-state index contributed by atoms with van der Waals surface area (Å²) in [5, 5.41) is 17.6. The van der Waals surface area contributed by atoms with Gasteiger partial charge in [0.15, 0.2) is 0 Å². The molecule has 2 amide bonds. The molecule has 3 rings (SSSR count). The van der Waals surface area contributed by atoms with Gasteiger partial charge in [-0.15, -0.1) is 0 Å². The molecule has 1 saturated heterocycles. The molecule has 1 atom stereocenters. The van der Waals surface area contributed by atoms with Gasteiger partial charge in [0.25, 0.3) is 0 Å². The summed E-state index contributed by atoms with van der Waals surface area (Å²) in [6.07, 6.45) is 2.76. The predicted octanol–water partition coefficient (Wildman–Crippen LogP) is 2.95. The average Bonchev–Trinajstić information content (AvgIpc) is 3.12. The van der Waals surface area contributed by atoms with Crippen LogP contribution in [0.5, 0.6) is 5.75 Å². The summed E-state index contributed by atoms with van der Waals surface area (Å²) in [5.74, 6) is 0.802. The molecule has 30 heavy (non-hydrogen) atoms. The Morgan fingerprint density at radius 3 is 2.60 bits per heavy atom. The number of benzene rings is 2. The average molecular weight is 413 g/mol. The van der Waals surface area contributed by atoms with Gasteiger partial charge in [-0.1, -0.05) is 44.2 Å². The number of rotatable bonds is 9. The van der Waals surface area contributed by atoms with E-state index in [-0.39, 0.29) is 23.8 Å². The first kappa shape index (κ1) is 22.1. The summed E-state index contributed by atoms with van der Waals surface area (Å²) >= 11 is 0. The molecule has 0 unspecified atom stereocenters. The predicted molar refractivity (Wildman–Crippen MR) is 117 cm³/mol. The van der Waals surface area contributed by atoms with Gasteiger partial charge in [-0.25, -0.2) is 0 Å². The number of carbonyl (C=O) groups excluding carboxylic acids is 2. The Morgan fingerprint density at radius 1 is 1.23 bits per heavy atom. The number of methoxy groups -OCH3 is 1. The third-order valence-corrected chi connectivity index (χ3v) is 5.98. The van der Waals surface area contributed by atoms with Crippen molar-refractivity contribution in [3.05, 3.63) is 42.0 Å². The molecular formula is C24H32N2O4. The van der Waals surface area contributed by atoms with E-state index in [0.29, 0.717) is 38.6 Å². The topological polar surface area (TPSA) is 87.7 Å². The van der Waals surface area contributed by atoms with E-state index in [0.717, 1.165) is 22.1 Å².